The van der Waals surface area contributed by atoms with E-state index in [0.29, 0.717) is 0 Å². The fourth-order valence-corrected chi connectivity index (χ4v) is 0.722. The summed E-state index contributed by atoms with van der Waals surface area (Å²) < 4.78 is 0. The molecule has 0 radical (unpaired) electrons. The van der Waals surface area contributed by atoms with Gasteiger partial charge in [-0.05, 0) is 5.41 Å². The third-order valence-electron chi connectivity index (χ3n) is 2.91. The second kappa shape index (κ2) is 1.97. The molecule has 1 heterocycles. The van der Waals surface area contributed by atoms with Gasteiger partial charge in [0.15, 0.2) is 0 Å². The maximum absolute atomic E-state index is 9.55. The third kappa shape index (κ3) is 1.17. The molecule has 3 heteroatoms. The van der Waals surface area contributed by atoms with Crippen molar-refractivity contribution < 1.29 is 14.9 Å². The molecular formula is C8H16O3. The second-order valence-corrected chi connectivity index (χ2v) is 4.62. The van der Waals surface area contributed by atoms with Gasteiger partial charge >= 0.3 is 5.97 Å². The van der Waals surface area contributed by atoms with Crippen LogP contribution in [0.2, 0.25) is 0 Å². The summed E-state index contributed by atoms with van der Waals surface area (Å²) in [5, 5.41) is 9.55. The largest absolute Gasteiger partial charge is 0.343 e. The Kier molecular flexibility index (Phi) is 1.61. The van der Waals surface area contributed by atoms with Crippen LogP contribution in [0.15, 0.2) is 0 Å². The van der Waals surface area contributed by atoms with Gasteiger partial charge in [-0.15, -0.1) is 0 Å². The summed E-state index contributed by atoms with van der Waals surface area (Å²) in [6.07, 6.45) is 0. The Morgan fingerprint density at radius 2 is 1.36 bits per heavy atom. The summed E-state index contributed by atoms with van der Waals surface area (Å²) in [6, 6.07) is 0. The summed E-state index contributed by atoms with van der Waals surface area (Å²) in [4.78, 5) is 9.09. The molecule has 0 atom stereocenters. The van der Waals surface area contributed by atoms with E-state index in [1.54, 1.807) is 0 Å². The van der Waals surface area contributed by atoms with Crippen LogP contribution in [-0.2, 0) is 9.78 Å². The molecule has 3 nitrogen and oxygen atoms in total. The number of hydrogen-bond acceptors (Lipinski definition) is 3. The maximum atomic E-state index is 9.55. The monoisotopic (exact) mass is 160 g/mol. The molecule has 0 unspecified atom stereocenters. The van der Waals surface area contributed by atoms with Crippen molar-refractivity contribution in [1.29, 1.82) is 0 Å². The molecule has 1 rings (SSSR count). The molecule has 1 aliphatic rings. The first-order valence-corrected chi connectivity index (χ1v) is 3.80. The fraction of sp³-hybridized carbons (Fsp3) is 1.00. The van der Waals surface area contributed by atoms with Crippen molar-refractivity contribution in [3.05, 3.63) is 0 Å². The Morgan fingerprint density at radius 1 is 1.00 bits per heavy atom. The molecule has 1 saturated heterocycles. The van der Waals surface area contributed by atoms with E-state index in [-0.39, 0.29) is 5.41 Å². The number of rotatable bonds is 1. The lowest BCUT2D eigenvalue weighted by atomic mass is 9.68. The maximum Gasteiger partial charge on any atom is 0.343 e. The van der Waals surface area contributed by atoms with Gasteiger partial charge in [-0.1, -0.05) is 34.6 Å². The van der Waals surface area contributed by atoms with Crippen LogP contribution in [0.4, 0.5) is 0 Å². The zero-order chi connectivity index (χ0) is 8.91. The quantitative estimate of drug-likeness (QED) is 0.468. The van der Waals surface area contributed by atoms with Gasteiger partial charge in [-0.2, -0.15) is 9.78 Å². The molecule has 11 heavy (non-hydrogen) atoms. The predicted octanol–water partition coefficient (Wildman–Crippen LogP) is 1.67. The van der Waals surface area contributed by atoms with E-state index in [0.717, 1.165) is 0 Å². The van der Waals surface area contributed by atoms with Gasteiger partial charge in [0.2, 0.25) is 0 Å². The Morgan fingerprint density at radius 3 is 1.45 bits per heavy atom. The first-order chi connectivity index (χ1) is 4.71. The van der Waals surface area contributed by atoms with Crippen molar-refractivity contribution >= 4 is 0 Å². The summed E-state index contributed by atoms with van der Waals surface area (Å²) in [6.45, 7) is 9.95. The topological polar surface area (TPSA) is 45.3 Å². The predicted molar refractivity (Wildman–Crippen MR) is 40.4 cm³/mol. The molecular weight excluding hydrogens is 144 g/mol. The number of aliphatic hydroxyl groups is 1. The lowest BCUT2D eigenvalue weighted by molar-refractivity contribution is -0.128. The highest BCUT2D eigenvalue weighted by atomic mass is 17.4. The molecule has 1 fully saturated rings. The van der Waals surface area contributed by atoms with E-state index in [9.17, 15) is 5.11 Å². The van der Waals surface area contributed by atoms with E-state index in [1.165, 1.54) is 0 Å². The zero-order valence-corrected chi connectivity index (χ0v) is 7.76. The van der Waals surface area contributed by atoms with Crippen LogP contribution in [0.1, 0.15) is 34.6 Å². The van der Waals surface area contributed by atoms with Gasteiger partial charge in [-0.25, -0.2) is 0 Å². The Balaban J connectivity index is 2.82. The molecule has 1 N–H and O–H groups in total. The SMILES string of the molecule is CC(C)(C)C(C)(C)C1(O)OO1. The normalized spacial score (nSPS) is 23.5. The van der Waals surface area contributed by atoms with Crippen LogP contribution in [0, 0.1) is 10.8 Å². The van der Waals surface area contributed by atoms with Crippen LogP contribution >= 0.6 is 0 Å². The van der Waals surface area contributed by atoms with E-state index >= 15 is 0 Å². The van der Waals surface area contributed by atoms with Gasteiger partial charge in [0, 0.05) is 0 Å². The molecule has 0 aromatic carbocycles. The lowest BCUT2D eigenvalue weighted by Gasteiger charge is -2.37. The second-order valence-electron chi connectivity index (χ2n) is 4.62. The summed E-state index contributed by atoms with van der Waals surface area (Å²) >= 11 is 0. The van der Waals surface area contributed by atoms with Crippen LogP contribution < -0.4 is 0 Å². The van der Waals surface area contributed by atoms with Crippen LogP contribution in [0.5, 0.6) is 0 Å². The molecule has 0 bridgehead atoms. The minimum absolute atomic E-state index is 0.0573. The molecule has 0 saturated carbocycles. The molecule has 0 aliphatic carbocycles. The minimum Gasteiger partial charge on any atom is -0.339 e. The molecule has 1 aliphatic heterocycles. The Hall–Kier alpha value is -0.120. The Labute approximate surface area is 67.2 Å². The average molecular weight is 160 g/mol. The summed E-state index contributed by atoms with van der Waals surface area (Å²) in [5.41, 5.74) is -0.460. The summed E-state index contributed by atoms with van der Waals surface area (Å²) in [7, 11) is 0. The van der Waals surface area contributed by atoms with Gasteiger partial charge in [0.1, 0.15) is 0 Å². The molecule has 0 aromatic heterocycles. The van der Waals surface area contributed by atoms with Crippen LogP contribution in [-0.4, -0.2) is 11.1 Å². The number of hydrogen-bond donors (Lipinski definition) is 1. The van der Waals surface area contributed by atoms with Crippen molar-refractivity contribution in [3.63, 3.8) is 0 Å². The standard InChI is InChI=1S/C8H16O3/c1-6(2,3)7(4,5)8(9)10-11-8/h9H,1-5H3. The van der Waals surface area contributed by atoms with Crippen molar-refractivity contribution in [1.82, 2.24) is 0 Å². The van der Waals surface area contributed by atoms with Gasteiger partial charge in [0.25, 0.3) is 0 Å². The van der Waals surface area contributed by atoms with Crippen LogP contribution in [0.3, 0.4) is 0 Å². The van der Waals surface area contributed by atoms with Crippen molar-refractivity contribution in [3.8, 4) is 0 Å². The smallest absolute Gasteiger partial charge is 0.339 e. The molecule has 0 spiro atoms. The molecule has 66 valence electrons. The van der Waals surface area contributed by atoms with Crippen molar-refractivity contribution in [2.75, 3.05) is 0 Å². The Bertz CT molecular complexity index is 155. The highest BCUT2D eigenvalue weighted by Crippen LogP contribution is 2.53. The van der Waals surface area contributed by atoms with Gasteiger partial charge in [0.05, 0.1) is 5.41 Å². The zero-order valence-electron chi connectivity index (χ0n) is 7.76. The average Bonchev–Trinajstić information content (AvgIpc) is 2.45. The third-order valence-corrected chi connectivity index (χ3v) is 2.91. The summed E-state index contributed by atoms with van der Waals surface area (Å²) in [5.74, 6) is -1.37. The fourth-order valence-electron chi connectivity index (χ4n) is 0.722. The highest BCUT2D eigenvalue weighted by molar-refractivity contribution is 4.91. The molecule has 0 amide bonds. The highest BCUT2D eigenvalue weighted by Gasteiger charge is 2.64. The first-order valence-electron chi connectivity index (χ1n) is 3.80. The van der Waals surface area contributed by atoms with E-state index in [1.807, 2.05) is 34.6 Å². The van der Waals surface area contributed by atoms with Crippen molar-refractivity contribution in [2.45, 2.75) is 40.6 Å². The van der Waals surface area contributed by atoms with Crippen molar-refractivity contribution in [2.24, 2.45) is 10.8 Å². The van der Waals surface area contributed by atoms with Crippen LogP contribution in [0.25, 0.3) is 0 Å². The van der Waals surface area contributed by atoms with E-state index in [4.69, 9.17) is 0 Å². The van der Waals surface area contributed by atoms with Gasteiger partial charge in [-0.3, -0.25) is 0 Å². The van der Waals surface area contributed by atoms with E-state index < -0.39 is 11.4 Å². The molecule has 0 aromatic rings. The lowest BCUT2D eigenvalue weighted by Crippen LogP contribution is -2.43. The minimum atomic E-state index is -1.37. The van der Waals surface area contributed by atoms with E-state index in [2.05, 4.69) is 9.78 Å². The van der Waals surface area contributed by atoms with Gasteiger partial charge < -0.3 is 5.11 Å². The first kappa shape index (κ1) is 8.97.